The van der Waals surface area contributed by atoms with E-state index in [9.17, 15) is 12.8 Å². The minimum Gasteiger partial charge on any atom is -0.392 e. The largest absolute Gasteiger partial charge is 0.392 e. The van der Waals surface area contributed by atoms with Crippen molar-refractivity contribution in [2.75, 3.05) is 13.1 Å². The van der Waals surface area contributed by atoms with Crippen LogP contribution in [0.15, 0.2) is 23.1 Å². The van der Waals surface area contributed by atoms with E-state index < -0.39 is 22.4 Å². The normalized spacial score (nSPS) is 11.5. The summed E-state index contributed by atoms with van der Waals surface area (Å²) in [6.07, 6.45) is 5.10. The maximum absolute atomic E-state index is 13.2. The van der Waals surface area contributed by atoms with E-state index in [2.05, 4.69) is 5.92 Å². The summed E-state index contributed by atoms with van der Waals surface area (Å²) >= 11 is 0. The third-order valence-electron chi connectivity index (χ3n) is 2.44. The van der Waals surface area contributed by atoms with Crippen LogP contribution in [0.4, 0.5) is 4.39 Å². The van der Waals surface area contributed by atoms with Crippen LogP contribution >= 0.6 is 0 Å². The number of benzene rings is 1. The summed E-state index contributed by atoms with van der Waals surface area (Å²) in [5.74, 6) is 1.56. The van der Waals surface area contributed by atoms with Crippen molar-refractivity contribution in [2.45, 2.75) is 18.4 Å². The third kappa shape index (κ3) is 2.88. The fourth-order valence-corrected chi connectivity index (χ4v) is 3.09. The van der Waals surface area contributed by atoms with Crippen molar-refractivity contribution in [1.82, 2.24) is 4.31 Å². The van der Waals surface area contributed by atoms with E-state index in [0.29, 0.717) is 0 Å². The maximum atomic E-state index is 13.2. The van der Waals surface area contributed by atoms with Crippen LogP contribution in [0.3, 0.4) is 0 Å². The fourth-order valence-electron chi connectivity index (χ4n) is 1.51. The molecule has 1 aromatic carbocycles. The van der Waals surface area contributed by atoms with Crippen molar-refractivity contribution in [2.24, 2.45) is 0 Å². The van der Waals surface area contributed by atoms with Crippen LogP contribution in [-0.2, 0) is 16.6 Å². The van der Waals surface area contributed by atoms with Gasteiger partial charge in [-0.3, -0.25) is 0 Å². The van der Waals surface area contributed by atoms with Crippen molar-refractivity contribution in [3.05, 3.63) is 29.6 Å². The topological polar surface area (TPSA) is 57.6 Å². The number of halogens is 1. The first-order chi connectivity index (χ1) is 8.47. The molecule has 0 radical (unpaired) electrons. The monoisotopic (exact) mass is 271 g/mol. The number of rotatable bonds is 5. The highest BCUT2D eigenvalue weighted by molar-refractivity contribution is 7.89. The summed E-state index contributed by atoms with van der Waals surface area (Å²) in [5, 5.41) is 9.11. The number of aliphatic hydroxyl groups is 1. The molecule has 0 bridgehead atoms. The second kappa shape index (κ2) is 5.96. The molecule has 0 amide bonds. The molecular formula is C12H14FNO3S. The zero-order valence-electron chi connectivity index (χ0n) is 9.93. The molecule has 0 atom stereocenters. The molecule has 0 unspecified atom stereocenters. The molecule has 18 heavy (non-hydrogen) atoms. The van der Waals surface area contributed by atoms with Gasteiger partial charge < -0.3 is 5.11 Å². The zero-order valence-corrected chi connectivity index (χ0v) is 10.7. The average Bonchev–Trinajstić information content (AvgIpc) is 2.35. The van der Waals surface area contributed by atoms with Crippen LogP contribution in [0.1, 0.15) is 12.5 Å². The highest BCUT2D eigenvalue weighted by Gasteiger charge is 2.25. The Hall–Kier alpha value is -1.42. The van der Waals surface area contributed by atoms with Gasteiger partial charge in [0.15, 0.2) is 0 Å². The number of terminal acetylenes is 1. The first-order valence-corrected chi connectivity index (χ1v) is 6.74. The Labute approximate surface area is 106 Å². The summed E-state index contributed by atoms with van der Waals surface area (Å²) in [4.78, 5) is -0.248. The molecule has 98 valence electrons. The number of nitrogens with zero attached hydrogens (tertiary/aromatic N) is 1. The van der Waals surface area contributed by atoms with Crippen molar-refractivity contribution in [3.8, 4) is 12.3 Å². The van der Waals surface area contributed by atoms with Gasteiger partial charge in [0.25, 0.3) is 0 Å². The fraction of sp³-hybridized carbons (Fsp3) is 0.333. The van der Waals surface area contributed by atoms with Crippen molar-refractivity contribution in [3.63, 3.8) is 0 Å². The molecule has 0 saturated heterocycles. The Morgan fingerprint density at radius 3 is 2.67 bits per heavy atom. The average molecular weight is 271 g/mol. The Balaban J connectivity index is 3.35. The summed E-state index contributed by atoms with van der Waals surface area (Å²) < 4.78 is 38.7. The van der Waals surface area contributed by atoms with Crippen LogP contribution in [0.2, 0.25) is 0 Å². The number of hydrogen-bond donors (Lipinski definition) is 1. The Morgan fingerprint density at radius 1 is 1.50 bits per heavy atom. The first-order valence-electron chi connectivity index (χ1n) is 5.30. The standard InChI is InChI=1S/C12H14FNO3S/c1-3-7-14(4-2)18(16,17)12-8-11(13)6-5-10(12)9-15/h1,5-6,8,15H,4,7,9H2,2H3. The van der Waals surface area contributed by atoms with E-state index in [-0.39, 0.29) is 23.5 Å². The van der Waals surface area contributed by atoms with Gasteiger partial charge in [0, 0.05) is 6.54 Å². The van der Waals surface area contributed by atoms with Crippen LogP contribution in [0, 0.1) is 18.2 Å². The van der Waals surface area contributed by atoms with E-state index >= 15 is 0 Å². The molecule has 0 fully saturated rings. The van der Waals surface area contributed by atoms with Gasteiger partial charge in [-0.1, -0.05) is 18.9 Å². The van der Waals surface area contributed by atoms with Gasteiger partial charge in [0.1, 0.15) is 5.82 Å². The molecule has 4 nitrogen and oxygen atoms in total. The van der Waals surface area contributed by atoms with Gasteiger partial charge in [-0.25, -0.2) is 12.8 Å². The van der Waals surface area contributed by atoms with Gasteiger partial charge in [0.2, 0.25) is 10.0 Å². The van der Waals surface area contributed by atoms with E-state index in [1.807, 2.05) is 0 Å². The predicted octanol–water partition coefficient (Wildman–Crippen LogP) is 0.962. The van der Waals surface area contributed by atoms with Gasteiger partial charge >= 0.3 is 0 Å². The third-order valence-corrected chi connectivity index (χ3v) is 4.44. The summed E-state index contributed by atoms with van der Waals surface area (Å²) in [7, 11) is -3.89. The minimum atomic E-state index is -3.89. The molecule has 6 heteroatoms. The van der Waals surface area contributed by atoms with Crippen molar-refractivity contribution < 1.29 is 17.9 Å². The number of aliphatic hydroxyl groups excluding tert-OH is 1. The molecule has 0 spiro atoms. The zero-order chi connectivity index (χ0) is 13.8. The number of sulfonamides is 1. The van der Waals surface area contributed by atoms with E-state index in [1.54, 1.807) is 6.92 Å². The molecule has 1 N–H and O–H groups in total. The SMILES string of the molecule is C#CCN(CC)S(=O)(=O)c1cc(F)ccc1CO. The van der Waals surface area contributed by atoms with Crippen LogP contribution in [-0.4, -0.2) is 30.9 Å². The lowest BCUT2D eigenvalue weighted by molar-refractivity contribution is 0.278. The van der Waals surface area contributed by atoms with Gasteiger partial charge in [-0.2, -0.15) is 4.31 Å². The molecule has 0 saturated carbocycles. The Kier molecular flexibility index (Phi) is 4.84. The van der Waals surface area contributed by atoms with E-state index in [0.717, 1.165) is 16.4 Å². The van der Waals surface area contributed by atoms with Crippen LogP contribution in [0.5, 0.6) is 0 Å². The molecular weight excluding hydrogens is 257 g/mol. The molecule has 0 heterocycles. The smallest absolute Gasteiger partial charge is 0.244 e. The number of hydrogen-bond acceptors (Lipinski definition) is 3. The Bertz CT molecular complexity index is 563. The molecule has 0 aliphatic heterocycles. The van der Waals surface area contributed by atoms with Gasteiger partial charge in [-0.05, 0) is 17.7 Å². The quantitative estimate of drug-likeness (QED) is 0.812. The van der Waals surface area contributed by atoms with E-state index in [1.165, 1.54) is 6.07 Å². The molecule has 0 aromatic heterocycles. The maximum Gasteiger partial charge on any atom is 0.244 e. The van der Waals surface area contributed by atoms with Crippen LogP contribution in [0.25, 0.3) is 0 Å². The predicted molar refractivity (Wildman–Crippen MR) is 65.6 cm³/mol. The summed E-state index contributed by atoms with van der Waals surface area (Å²) in [5.41, 5.74) is 0.145. The first kappa shape index (κ1) is 14.6. The highest BCUT2D eigenvalue weighted by atomic mass is 32.2. The lowest BCUT2D eigenvalue weighted by atomic mass is 10.2. The van der Waals surface area contributed by atoms with Crippen molar-refractivity contribution in [1.29, 1.82) is 0 Å². The van der Waals surface area contributed by atoms with E-state index in [4.69, 9.17) is 11.5 Å². The highest BCUT2D eigenvalue weighted by Crippen LogP contribution is 2.21. The molecule has 0 aliphatic carbocycles. The summed E-state index contributed by atoms with van der Waals surface area (Å²) in [6.45, 7) is 1.23. The second-order valence-electron chi connectivity index (χ2n) is 3.55. The lowest BCUT2D eigenvalue weighted by Gasteiger charge is -2.19. The van der Waals surface area contributed by atoms with Gasteiger partial charge in [0.05, 0.1) is 18.0 Å². The van der Waals surface area contributed by atoms with Gasteiger partial charge in [-0.15, -0.1) is 6.42 Å². The second-order valence-corrected chi connectivity index (χ2v) is 5.45. The van der Waals surface area contributed by atoms with Crippen LogP contribution < -0.4 is 0 Å². The molecule has 1 rings (SSSR count). The molecule has 1 aromatic rings. The minimum absolute atomic E-state index is 0.0970. The molecule has 0 aliphatic rings. The Morgan fingerprint density at radius 2 is 2.17 bits per heavy atom. The van der Waals surface area contributed by atoms with Crippen molar-refractivity contribution >= 4 is 10.0 Å². The summed E-state index contributed by atoms with van der Waals surface area (Å²) in [6, 6.07) is 3.23. The lowest BCUT2D eigenvalue weighted by Crippen LogP contribution is -2.32.